The summed E-state index contributed by atoms with van der Waals surface area (Å²) >= 11 is 11.2. The van der Waals surface area contributed by atoms with Crippen molar-refractivity contribution < 1.29 is 18.7 Å². The summed E-state index contributed by atoms with van der Waals surface area (Å²) in [6, 6.07) is 17.5. The lowest BCUT2D eigenvalue weighted by atomic mass is 10.1. The molecule has 1 aromatic heterocycles. The van der Waals surface area contributed by atoms with Gasteiger partial charge in [-0.05, 0) is 73.7 Å². The molecule has 1 aliphatic heterocycles. The quantitative estimate of drug-likeness (QED) is 0.341. The molecule has 1 N–H and O–H groups in total. The van der Waals surface area contributed by atoms with Crippen LogP contribution in [0.3, 0.4) is 0 Å². The molecular formula is C23H17ClN2O4S. The van der Waals surface area contributed by atoms with E-state index in [9.17, 15) is 9.59 Å². The van der Waals surface area contributed by atoms with Crippen LogP contribution in [0.25, 0.3) is 17.4 Å². The minimum absolute atomic E-state index is 0.00194. The van der Waals surface area contributed by atoms with Crippen molar-refractivity contribution in [3.63, 3.8) is 0 Å². The highest BCUT2D eigenvalue weighted by Gasteiger charge is 2.35. The highest BCUT2D eigenvalue weighted by molar-refractivity contribution is 7.80. The number of carbonyl (C=O) groups is 2. The first-order chi connectivity index (χ1) is 15.0. The van der Waals surface area contributed by atoms with Gasteiger partial charge in [-0.3, -0.25) is 19.8 Å². The molecular weight excluding hydrogens is 436 g/mol. The molecule has 0 bridgehead atoms. The Morgan fingerprint density at radius 3 is 2.65 bits per heavy atom. The zero-order valence-electron chi connectivity index (χ0n) is 16.4. The number of thiocarbonyl (C=S) groups is 1. The van der Waals surface area contributed by atoms with E-state index in [-0.39, 0.29) is 10.7 Å². The standard InChI is InChI=1S/C23H17ClN2O4S/c1-2-29-17-5-3-4-16(12-17)26-22(28)19(21(27)25-23(26)31)13-18-10-11-20(30-18)14-6-8-15(24)9-7-14/h3-13H,2H2,1H3,(H,25,27,31)/b19-13+. The van der Waals surface area contributed by atoms with Gasteiger partial charge in [0, 0.05) is 16.7 Å². The number of nitrogens with one attached hydrogen (secondary N) is 1. The Morgan fingerprint density at radius 2 is 1.90 bits per heavy atom. The van der Waals surface area contributed by atoms with Gasteiger partial charge in [-0.2, -0.15) is 0 Å². The average molecular weight is 453 g/mol. The maximum absolute atomic E-state index is 13.1. The molecule has 1 aliphatic rings. The van der Waals surface area contributed by atoms with Gasteiger partial charge in [0.15, 0.2) is 5.11 Å². The SMILES string of the molecule is CCOc1cccc(N2C(=O)/C(=C/c3ccc(-c4ccc(Cl)cc4)o3)C(=O)NC2=S)c1. The van der Waals surface area contributed by atoms with E-state index < -0.39 is 11.8 Å². The number of benzene rings is 2. The molecule has 2 aromatic carbocycles. The molecule has 0 spiro atoms. The Morgan fingerprint density at radius 1 is 1.13 bits per heavy atom. The number of furan rings is 1. The van der Waals surface area contributed by atoms with Crippen LogP contribution in [0.5, 0.6) is 5.75 Å². The fourth-order valence-corrected chi connectivity index (χ4v) is 3.52. The zero-order valence-corrected chi connectivity index (χ0v) is 18.0. The fraction of sp³-hybridized carbons (Fsp3) is 0.0870. The van der Waals surface area contributed by atoms with Gasteiger partial charge >= 0.3 is 0 Å². The van der Waals surface area contributed by atoms with Crippen molar-refractivity contribution in [2.24, 2.45) is 0 Å². The Kier molecular flexibility index (Phi) is 5.88. The van der Waals surface area contributed by atoms with Crippen LogP contribution in [0.1, 0.15) is 12.7 Å². The number of anilines is 1. The van der Waals surface area contributed by atoms with Crippen LogP contribution < -0.4 is 15.0 Å². The predicted octanol–water partition coefficient (Wildman–Crippen LogP) is 4.83. The smallest absolute Gasteiger partial charge is 0.270 e. The lowest BCUT2D eigenvalue weighted by Crippen LogP contribution is -2.54. The summed E-state index contributed by atoms with van der Waals surface area (Å²) in [5.74, 6) is 0.406. The molecule has 156 valence electrons. The zero-order chi connectivity index (χ0) is 22.0. The van der Waals surface area contributed by atoms with Crippen LogP contribution in [0.2, 0.25) is 5.02 Å². The maximum Gasteiger partial charge on any atom is 0.270 e. The monoisotopic (exact) mass is 452 g/mol. The third kappa shape index (κ3) is 4.38. The number of rotatable bonds is 5. The first kappa shape index (κ1) is 20.8. The molecule has 2 amide bonds. The lowest BCUT2D eigenvalue weighted by Gasteiger charge is -2.29. The van der Waals surface area contributed by atoms with Gasteiger partial charge in [-0.1, -0.05) is 17.7 Å². The van der Waals surface area contributed by atoms with Gasteiger partial charge in [0.05, 0.1) is 12.3 Å². The van der Waals surface area contributed by atoms with Gasteiger partial charge in [0.1, 0.15) is 22.8 Å². The van der Waals surface area contributed by atoms with Crippen molar-refractivity contribution in [1.29, 1.82) is 0 Å². The summed E-state index contributed by atoms with van der Waals surface area (Å²) in [6.07, 6.45) is 1.40. The van der Waals surface area contributed by atoms with E-state index in [1.807, 2.05) is 19.1 Å². The minimum Gasteiger partial charge on any atom is -0.494 e. The van der Waals surface area contributed by atoms with E-state index >= 15 is 0 Å². The number of nitrogens with zero attached hydrogens (tertiary/aromatic N) is 1. The van der Waals surface area contributed by atoms with Crippen molar-refractivity contribution >= 4 is 52.5 Å². The number of hydrogen-bond acceptors (Lipinski definition) is 5. The van der Waals surface area contributed by atoms with Gasteiger partial charge < -0.3 is 9.15 Å². The van der Waals surface area contributed by atoms with Crippen molar-refractivity contribution in [1.82, 2.24) is 5.32 Å². The lowest BCUT2D eigenvalue weighted by molar-refractivity contribution is -0.122. The number of ether oxygens (including phenoxy) is 1. The second-order valence-corrected chi connectivity index (χ2v) is 7.42. The first-order valence-corrected chi connectivity index (χ1v) is 10.2. The van der Waals surface area contributed by atoms with Crippen molar-refractivity contribution in [3.05, 3.63) is 77.0 Å². The number of amides is 2. The van der Waals surface area contributed by atoms with Crippen molar-refractivity contribution in [2.75, 3.05) is 11.5 Å². The molecule has 0 unspecified atom stereocenters. The molecule has 0 radical (unpaired) electrons. The molecule has 8 heteroatoms. The number of hydrogen-bond donors (Lipinski definition) is 1. The van der Waals surface area contributed by atoms with Crippen LogP contribution in [0.15, 0.2) is 70.7 Å². The first-order valence-electron chi connectivity index (χ1n) is 9.46. The van der Waals surface area contributed by atoms with E-state index in [1.54, 1.807) is 48.5 Å². The van der Waals surface area contributed by atoms with Crippen LogP contribution in [-0.4, -0.2) is 23.5 Å². The van der Waals surface area contributed by atoms with Crippen LogP contribution in [0.4, 0.5) is 5.69 Å². The normalized spacial score (nSPS) is 15.4. The Balaban J connectivity index is 1.65. The third-order valence-corrected chi connectivity index (χ3v) is 5.07. The fourth-order valence-electron chi connectivity index (χ4n) is 3.11. The topological polar surface area (TPSA) is 71.8 Å². The van der Waals surface area contributed by atoms with Gasteiger partial charge in [0.2, 0.25) is 0 Å². The summed E-state index contributed by atoms with van der Waals surface area (Å²) in [5.41, 5.74) is 1.23. The van der Waals surface area contributed by atoms with Crippen molar-refractivity contribution in [3.8, 4) is 17.1 Å². The molecule has 31 heavy (non-hydrogen) atoms. The molecule has 2 heterocycles. The summed E-state index contributed by atoms with van der Waals surface area (Å²) in [6.45, 7) is 2.35. The van der Waals surface area contributed by atoms with Crippen LogP contribution in [0, 0.1) is 0 Å². The van der Waals surface area contributed by atoms with E-state index in [2.05, 4.69) is 5.32 Å². The molecule has 0 saturated carbocycles. The second-order valence-electron chi connectivity index (χ2n) is 6.60. The molecule has 6 nitrogen and oxygen atoms in total. The van der Waals surface area contributed by atoms with Crippen LogP contribution in [-0.2, 0) is 9.59 Å². The Bertz CT molecular complexity index is 1200. The maximum atomic E-state index is 13.1. The number of carbonyl (C=O) groups excluding carboxylic acids is 2. The molecule has 1 fully saturated rings. The molecule has 0 atom stereocenters. The Hall–Kier alpha value is -3.42. The molecule has 3 aromatic rings. The molecule has 1 saturated heterocycles. The Labute approximate surface area is 189 Å². The van der Waals surface area contributed by atoms with Crippen molar-refractivity contribution in [2.45, 2.75) is 6.92 Å². The molecule has 0 aliphatic carbocycles. The van der Waals surface area contributed by atoms with E-state index in [1.165, 1.54) is 11.0 Å². The van der Waals surface area contributed by atoms with E-state index in [4.69, 9.17) is 33.0 Å². The number of halogens is 1. The average Bonchev–Trinajstić information content (AvgIpc) is 3.21. The minimum atomic E-state index is -0.586. The third-order valence-electron chi connectivity index (χ3n) is 4.53. The van der Waals surface area contributed by atoms with Gasteiger partial charge in [-0.15, -0.1) is 0 Å². The van der Waals surface area contributed by atoms with E-state index in [0.29, 0.717) is 34.6 Å². The second kappa shape index (κ2) is 8.75. The highest BCUT2D eigenvalue weighted by Crippen LogP contribution is 2.28. The summed E-state index contributed by atoms with van der Waals surface area (Å²) < 4.78 is 11.3. The van der Waals surface area contributed by atoms with Crippen LogP contribution >= 0.6 is 23.8 Å². The summed E-state index contributed by atoms with van der Waals surface area (Å²) in [4.78, 5) is 26.9. The molecule has 4 rings (SSSR count). The predicted molar refractivity (Wildman–Crippen MR) is 123 cm³/mol. The largest absolute Gasteiger partial charge is 0.494 e. The van der Waals surface area contributed by atoms with Gasteiger partial charge in [0.25, 0.3) is 11.8 Å². The van der Waals surface area contributed by atoms with Gasteiger partial charge in [-0.25, -0.2) is 0 Å². The van der Waals surface area contributed by atoms with E-state index in [0.717, 1.165) is 5.56 Å². The summed E-state index contributed by atoms with van der Waals surface area (Å²) in [5, 5.41) is 3.18. The summed E-state index contributed by atoms with van der Waals surface area (Å²) in [7, 11) is 0. The highest BCUT2D eigenvalue weighted by atomic mass is 35.5.